The van der Waals surface area contributed by atoms with Crippen LogP contribution in [-0.2, 0) is 9.53 Å². The highest BCUT2D eigenvalue weighted by Gasteiger charge is 2.29. The second-order valence-electron chi connectivity index (χ2n) is 5.93. The second-order valence-corrected chi connectivity index (χ2v) is 5.93. The monoisotopic (exact) mass is 254 g/mol. The van der Waals surface area contributed by atoms with Crippen LogP contribution in [0.4, 0.5) is 0 Å². The van der Waals surface area contributed by atoms with Crippen molar-refractivity contribution in [3.05, 3.63) is 0 Å². The molecule has 4 heteroatoms. The Kier molecular flexibility index (Phi) is 5.01. The van der Waals surface area contributed by atoms with Crippen molar-refractivity contribution in [1.82, 2.24) is 10.6 Å². The molecule has 2 aliphatic rings. The minimum Gasteiger partial charge on any atom is -0.373 e. The average Bonchev–Trinajstić information content (AvgIpc) is 2.83. The summed E-state index contributed by atoms with van der Waals surface area (Å²) in [5.41, 5.74) is -0.123. The molecule has 2 rings (SSSR count). The van der Waals surface area contributed by atoms with Crippen LogP contribution in [0.2, 0.25) is 0 Å². The number of hydrogen-bond donors (Lipinski definition) is 2. The summed E-state index contributed by atoms with van der Waals surface area (Å²) in [6.45, 7) is 5.80. The molecule has 2 heterocycles. The van der Waals surface area contributed by atoms with E-state index in [0.29, 0.717) is 18.9 Å². The average molecular weight is 254 g/mol. The number of nitrogens with one attached hydrogen (secondary N) is 2. The molecule has 0 aliphatic carbocycles. The molecule has 0 spiro atoms. The molecule has 2 atom stereocenters. The third kappa shape index (κ3) is 4.25. The Bertz CT molecular complexity index is 269. The van der Waals surface area contributed by atoms with E-state index in [1.165, 1.54) is 12.8 Å². The summed E-state index contributed by atoms with van der Waals surface area (Å²) in [6.07, 6.45) is 6.35. The van der Waals surface area contributed by atoms with E-state index < -0.39 is 0 Å². The number of hydrogen-bond acceptors (Lipinski definition) is 3. The standard InChI is InChI=1S/C14H26N2O2/c1-14(7-3-9-18-14)11-16-13(17)6-5-12-4-2-8-15-10-12/h12,15H,2-11H2,1H3,(H,16,17). The zero-order chi connectivity index (χ0) is 12.8. The van der Waals surface area contributed by atoms with Gasteiger partial charge in [-0.1, -0.05) is 0 Å². The van der Waals surface area contributed by atoms with Crippen molar-refractivity contribution >= 4 is 5.91 Å². The SMILES string of the molecule is CC1(CNC(=O)CCC2CCCNC2)CCCO1. The van der Waals surface area contributed by atoms with Crippen molar-refractivity contribution in [2.75, 3.05) is 26.2 Å². The van der Waals surface area contributed by atoms with Gasteiger partial charge in [0, 0.05) is 19.6 Å². The van der Waals surface area contributed by atoms with Gasteiger partial charge < -0.3 is 15.4 Å². The summed E-state index contributed by atoms with van der Waals surface area (Å²) in [5, 5.41) is 6.41. The van der Waals surface area contributed by atoms with Crippen LogP contribution in [0.25, 0.3) is 0 Å². The van der Waals surface area contributed by atoms with E-state index in [0.717, 1.165) is 39.0 Å². The van der Waals surface area contributed by atoms with Crippen molar-refractivity contribution < 1.29 is 9.53 Å². The van der Waals surface area contributed by atoms with Gasteiger partial charge >= 0.3 is 0 Å². The van der Waals surface area contributed by atoms with E-state index in [-0.39, 0.29) is 11.5 Å². The predicted molar refractivity (Wildman–Crippen MR) is 71.4 cm³/mol. The van der Waals surface area contributed by atoms with Crippen LogP contribution < -0.4 is 10.6 Å². The summed E-state index contributed by atoms with van der Waals surface area (Å²) < 4.78 is 5.66. The van der Waals surface area contributed by atoms with Gasteiger partial charge in [-0.2, -0.15) is 0 Å². The van der Waals surface area contributed by atoms with E-state index in [2.05, 4.69) is 17.6 Å². The van der Waals surface area contributed by atoms with Crippen molar-refractivity contribution in [3.63, 3.8) is 0 Å². The number of amides is 1. The maximum atomic E-state index is 11.8. The van der Waals surface area contributed by atoms with Gasteiger partial charge in [0.15, 0.2) is 0 Å². The van der Waals surface area contributed by atoms with E-state index >= 15 is 0 Å². The highest BCUT2D eigenvalue weighted by atomic mass is 16.5. The van der Waals surface area contributed by atoms with E-state index in [4.69, 9.17) is 4.74 Å². The zero-order valence-corrected chi connectivity index (χ0v) is 11.5. The van der Waals surface area contributed by atoms with Gasteiger partial charge in [0.2, 0.25) is 5.91 Å². The third-order valence-electron chi connectivity index (χ3n) is 4.14. The van der Waals surface area contributed by atoms with Crippen LogP contribution in [0.5, 0.6) is 0 Å². The van der Waals surface area contributed by atoms with Crippen LogP contribution >= 0.6 is 0 Å². The Balaban J connectivity index is 1.59. The van der Waals surface area contributed by atoms with Gasteiger partial charge in [-0.25, -0.2) is 0 Å². The van der Waals surface area contributed by atoms with Crippen molar-refractivity contribution in [2.24, 2.45) is 5.92 Å². The Morgan fingerprint density at radius 1 is 1.50 bits per heavy atom. The first-order chi connectivity index (χ1) is 8.68. The Labute approximate surface area is 110 Å². The molecular formula is C14H26N2O2. The molecule has 4 nitrogen and oxygen atoms in total. The number of rotatable bonds is 5. The molecule has 0 radical (unpaired) electrons. The van der Waals surface area contributed by atoms with Gasteiger partial charge in [-0.15, -0.1) is 0 Å². The van der Waals surface area contributed by atoms with E-state index in [1.807, 2.05) is 0 Å². The molecule has 2 aliphatic heterocycles. The number of piperidine rings is 1. The topological polar surface area (TPSA) is 50.4 Å². The maximum absolute atomic E-state index is 11.8. The normalized spacial score (nSPS) is 32.4. The smallest absolute Gasteiger partial charge is 0.220 e. The second kappa shape index (κ2) is 6.53. The molecule has 18 heavy (non-hydrogen) atoms. The van der Waals surface area contributed by atoms with Gasteiger partial charge in [0.05, 0.1) is 5.60 Å². The largest absolute Gasteiger partial charge is 0.373 e. The lowest BCUT2D eigenvalue weighted by Gasteiger charge is -2.24. The molecule has 0 aromatic carbocycles. The lowest BCUT2D eigenvalue weighted by atomic mass is 9.94. The Morgan fingerprint density at radius 3 is 3.06 bits per heavy atom. The fraction of sp³-hybridized carbons (Fsp3) is 0.929. The number of carbonyl (C=O) groups excluding carboxylic acids is 1. The van der Waals surface area contributed by atoms with E-state index in [9.17, 15) is 4.79 Å². The Morgan fingerprint density at radius 2 is 2.39 bits per heavy atom. The van der Waals surface area contributed by atoms with Gasteiger partial charge in [0.1, 0.15) is 0 Å². The molecule has 104 valence electrons. The molecule has 0 bridgehead atoms. The maximum Gasteiger partial charge on any atom is 0.220 e. The van der Waals surface area contributed by atoms with Crippen molar-refractivity contribution in [1.29, 1.82) is 0 Å². The van der Waals surface area contributed by atoms with Crippen LogP contribution in [0, 0.1) is 5.92 Å². The molecule has 0 saturated carbocycles. The highest BCUT2D eigenvalue weighted by molar-refractivity contribution is 5.75. The van der Waals surface area contributed by atoms with Gasteiger partial charge in [-0.3, -0.25) is 4.79 Å². The third-order valence-corrected chi connectivity index (χ3v) is 4.14. The number of carbonyl (C=O) groups is 1. The summed E-state index contributed by atoms with van der Waals surface area (Å²) >= 11 is 0. The van der Waals surface area contributed by atoms with Gasteiger partial charge in [-0.05, 0) is 58.0 Å². The van der Waals surface area contributed by atoms with Crippen molar-refractivity contribution in [3.8, 4) is 0 Å². The molecule has 1 amide bonds. The molecule has 2 unspecified atom stereocenters. The number of ether oxygens (including phenoxy) is 1. The summed E-state index contributed by atoms with van der Waals surface area (Å²) in [5.74, 6) is 0.861. The summed E-state index contributed by atoms with van der Waals surface area (Å²) in [7, 11) is 0. The first-order valence-corrected chi connectivity index (χ1v) is 7.29. The van der Waals surface area contributed by atoms with Crippen molar-refractivity contribution in [2.45, 2.75) is 51.0 Å². The lowest BCUT2D eigenvalue weighted by Crippen LogP contribution is -2.40. The first kappa shape index (κ1) is 13.8. The molecule has 2 saturated heterocycles. The highest BCUT2D eigenvalue weighted by Crippen LogP contribution is 2.24. The first-order valence-electron chi connectivity index (χ1n) is 7.29. The van der Waals surface area contributed by atoms with Crippen LogP contribution in [0.3, 0.4) is 0 Å². The van der Waals surface area contributed by atoms with Crippen LogP contribution in [-0.4, -0.2) is 37.7 Å². The predicted octanol–water partition coefficient (Wildman–Crippen LogP) is 1.45. The molecule has 2 N–H and O–H groups in total. The minimum absolute atomic E-state index is 0.123. The van der Waals surface area contributed by atoms with E-state index in [1.54, 1.807) is 0 Å². The molecule has 2 fully saturated rings. The fourth-order valence-electron chi connectivity index (χ4n) is 2.86. The zero-order valence-electron chi connectivity index (χ0n) is 11.5. The fourth-order valence-corrected chi connectivity index (χ4v) is 2.86. The summed E-state index contributed by atoms with van der Waals surface area (Å²) in [6, 6.07) is 0. The van der Waals surface area contributed by atoms with Crippen LogP contribution in [0.15, 0.2) is 0 Å². The summed E-state index contributed by atoms with van der Waals surface area (Å²) in [4.78, 5) is 11.8. The Hall–Kier alpha value is -0.610. The molecule has 0 aromatic rings. The quantitative estimate of drug-likeness (QED) is 0.781. The molecule has 0 aromatic heterocycles. The van der Waals surface area contributed by atoms with Gasteiger partial charge in [0.25, 0.3) is 0 Å². The lowest BCUT2D eigenvalue weighted by molar-refractivity contribution is -0.122. The molecular weight excluding hydrogens is 228 g/mol. The van der Waals surface area contributed by atoms with Crippen LogP contribution in [0.1, 0.15) is 45.4 Å². The minimum atomic E-state index is -0.123.